The van der Waals surface area contributed by atoms with Crippen LogP contribution in [-0.4, -0.2) is 6.72 Å². The molecule has 0 bridgehead atoms. The topological polar surface area (TPSA) is 12.4 Å². The molecule has 0 aromatic heterocycles. The van der Waals surface area contributed by atoms with Crippen molar-refractivity contribution < 1.29 is 0 Å². The number of allylic oxidation sites excluding steroid dienone is 4. The summed E-state index contributed by atoms with van der Waals surface area (Å²) in [4.78, 5) is 4.24. The maximum atomic E-state index is 4.24. The fourth-order valence-corrected chi connectivity index (χ4v) is 2.55. The molecular weight excluding hydrogens is 266 g/mol. The third kappa shape index (κ3) is 3.62. The number of hydrogen-bond donors (Lipinski definition) is 0. The minimum Gasteiger partial charge on any atom is -0.268 e. The number of rotatable bonds is 5. The van der Waals surface area contributed by atoms with Gasteiger partial charge in [-0.1, -0.05) is 80.6 Å². The second-order valence-corrected chi connectivity index (χ2v) is 5.56. The van der Waals surface area contributed by atoms with Gasteiger partial charge in [0, 0.05) is 11.3 Å². The minimum absolute atomic E-state index is 0.345. The second-order valence-electron chi connectivity index (χ2n) is 5.56. The molecular formula is C21H23N. The van der Waals surface area contributed by atoms with E-state index in [4.69, 9.17) is 0 Å². The molecule has 0 fully saturated rings. The summed E-state index contributed by atoms with van der Waals surface area (Å²) in [5.41, 5.74) is 5.81. The van der Waals surface area contributed by atoms with E-state index in [0.717, 1.165) is 11.3 Å². The van der Waals surface area contributed by atoms with Crippen LogP contribution in [0.5, 0.6) is 0 Å². The van der Waals surface area contributed by atoms with Crippen molar-refractivity contribution in [2.24, 2.45) is 10.9 Å². The highest BCUT2D eigenvalue weighted by atomic mass is 14.7. The zero-order valence-electron chi connectivity index (χ0n) is 13.6. The first kappa shape index (κ1) is 16.0. The van der Waals surface area contributed by atoms with E-state index in [1.807, 2.05) is 19.1 Å². The van der Waals surface area contributed by atoms with E-state index in [9.17, 15) is 0 Å². The van der Waals surface area contributed by atoms with Gasteiger partial charge in [0.2, 0.25) is 0 Å². The first-order valence-corrected chi connectivity index (χ1v) is 7.66. The predicted molar refractivity (Wildman–Crippen MR) is 98.0 cm³/mol. The Kier molecular flexibility index (Phi) is 5.48. The Morgan fingerprint density at radius 2 is 1.55 bits per heavy atom. The molecule has 112 valence electrons. The van der Waals surface area contributed by atoms with Gasteiger partial charge in [-0.3, -0.25) is 4.99 Å². The van der Waals surface area contributed by atoms with Crippen LogP contribution in [0.1, 0.15) is 26.3 Å². The Morgan fingerprint density at radius 3 is 2.05 bits per heavy atom. The van der Waals surface area contributed by atoms with Gasteiger partial charge in [-0.2, -0.15) is 0 Å². The lowest BCUT2D eigenvalue weighted by Gasteiger charge is -2.13. The van der Waals surface area contributed by atoms with E-state index >= 15 is 0 Å². The van der Waals surface area contributed by atoms with Gasteiger partial charge in [0.1, 0.15) is 0 Å². The van der Waals surface area contributed by atoms with E-state index < -0.39 is 0 Å². The summed E-state index contributed by atoms with van der Waals surface area (Å²) in [5, 5.41) is 0. The van der Waals surface area contributed by atoms with Crippen molar-refractivity contribution in [3.8, 4) is 11.1 Å². The molecule has 0 saturated heterocycles. The number of benzene rings is 2. The Balaban J connectivity index is 2.45. The standard InChI is InChI=1S/C21H23N/c1-5-9-20(21(22-4)16(2)3)19-14-12-18(13-15-19)17-10-7-6-8-11-17/h5-16H,4H2,1-3H3/b9-5-,21-20+. The van der Waals surface area contributed by atoms with Crippen LogP contribution in [0.2, 0.25) is 0 Å². The van der Waals surface area contributed by atoms with Crippen molar-refractivity contribution >= 4 is 12.3 Å². The second kappa shape index (κ2) is 7.56. The summed E-state index contributed by atoms with van der Waals surface area (Å²) in [6.07, 6.45) is 4.16. The van der Waals surface area contributed by atoms with E-state index in [0.29, 0.717) is 5.92 Å². The Labute approximate surface area is 133 Å². The fraction of sp³-hybridized carbons (Fsp3) is 0.190. The predicted octanol–water partition coefficient (Wildman–Crippen LogP) is 6.00. The van der Waals surface area contributed by atoms with Gasteiger partial charge in [-0.25, -0.2) is 0 Å². The highest BCUT2D eigenvalue weighted by molar-refractivity contribution is 5.78. The molecule has 0 radical (unpaired) electrons. The summed E-state index contributed by atoms with van der Waals surface area (Å²) in [6, 6.07) is 19.1. The summed E-state index contributed by atoms with van der Waals surface area (Å²) >= 11 is 0. The third-order valence-electron chi connectivity index (χ3n) is 3.63. The zero-order chi connectivity index (χ0) is 15.9. The molecule has 0 heterocycles. The van der Waals surface area contributed by atoms with Crippen LogP contribution in [0.4, 0.5) is 0 Å². The van der Waals surface area contributed by atoms with Gasteiger partial charge in [0.25, 0.3) is 0 Å². The molecule has 0 spiro atoms. The van der Waals surface area contributed by atoms with Gasteiger partial charge < -0.3 is 0 Å². The molecule has 2 aromatic carbocycles. The Hall–Kier alpha value is -2.41. The van der Waals surface area contributed by atoms with Gasteiger partial charge in [0.05, 0.1) is 0 Å². The van der Waals surface area contributed by atoms with Crippen molar-refractivity contribution in [1.29, 1.82) is 0 Å². The highest BCUT2D eigenvalue weighted by Crippen LogP contribution is 2.28. The fourth-order valence-electron chi connectivity index (χ4n) is 2.55. The highest BCUT2D eigenvalue weighted by Gasteiger charge is 2.09. The molecule has 0 aliphatic heterocycles. The van der Waals surface area contributed by atoms with Crippen molar-refractivity contribution in [2.45, 2.75) is 20.8 Å². The molecule has 0 N–H and O–H groups in total. The average molecular weight is 289 g/mol. The SMILES string of the molecule is C=N/C(=C(\C=C/C)c1ccc(-c2ccccc2)cc1)C(C)C. The molecule has 0 amide bonds. The monoisotopic (exact) mass is 289 g/mol. The van der Waals surface area contributed by atoms with Crippen LogP contribution in [0.3, 0.4) is 0 Å². The number of nitrogens with zero attached hydrogens (tertiary/aromatic N) is 1. The summed E-state index contributed by atoms with van der Waals surface area (Å²) in [6.45, 7) is 10.1. The van der Waals surface area contributed by atoms with Crippen molar-refractivity contribution in [3.05, 3.63) is 78.0 Å². The molecule has 2 rings (SSSR count). The first-order chi connectivity index (χ1) is 10.7. The van der Waals surface area contributed by atoms with Crippen molar-refractivity contribution in [1.82, 2.24) is 0 Å². The van der Waals surface area contributed by atoms with Gasteiger partial charge in [-0.15, -0.1) is 0 Å². The molecule has 0 atom stereocenters. The maximum absolute atomic E-state index is 4.24. The molecule has 1 nitrogen and oxygen atoms in total. The molecule has 1 heteroatoms. The van der Waals surface area contributed by atoms with Crippen LogP contribution in [-0.2, 0) is 0 Å². The van der Waals surface area contributed by atoms with Crippen LogP contribution in [0.15, 0.2) is 77.4 Å². The van der Waals surface area contributed by atoms with Crippen molar-refractivity contribution in [3.63, 3.8) is 0 Å². The third-order valence-corrected chi connectivity index (χ3v) is 3.63. The quantitative estimate of drug-likeness (QED) is 0.473. The van der Waals surface area contributed by atoms with Crippen LogP contribution < -0.4 is 0 Å². The number of aliphatic imine (C=N–C) groups is 1. The lowest BCUT2D eigenvalue weighted by atomic mass is 9.95. The number of hydrogen-bond acceptors (Lipinski definition) is 1. The van der Waals surface area contributed by atoms with E-state index in [2.05, 4.69) is 80.2 Å². The van der Waals surface area contributed by atoms with Gasteiger partial charge in [-0.05, 0) is 36.2 Å². The summed E-state index contributed by atoms with van der Waals surface area (Å²) < 4.78 is 0. The van der Waals surface area contributed by atoms with Gasteiger partial charge in [0.15, 0.2) is 0 Å². The van der Waals surface area contributed by atoms with E-state index in [1.165, 1.54) is 16.7 Å². The molecule has 0 unspecified atom stereocenters. The maximum Gasteiger partial charge on any atom is 0.0499 e. The summed E-state index contributed by atoms with van der Waals surface area (Å²) in [5.74, 6) is 0.345. The van der Waals surface area contributed by atoms with Gasteiger partial charge >= 0.3 is 0 Å². The molecule has 2 aromatic rings. The largest absolute Gasteiger partial charge is 0.268 e. The lowest BCUT2D eigenvalue weighted by molar-refractivity contribution is 0.763. The van der Waals surface area contributed by atoms with Crippen LogP contribution >= 0.6 is 0 Å². The van der Waals surface area contributed by atoms with Crippen LogP contribution in [0, 0.1) is 5.92 Å². The Morgan fingerprint density at radius 1 is 0.955 bits per heavy atom. The lowest BCUT2D eigenvalue weighted by Crippen LogP contribution is -1.96. The molecule has 22 heavy (non-hydrogen) atoms. The van der Waals surface area contributed by atoms with Crippen molar-refractivity contribution in [2.75, 3.05) is 0 Å². The zero-order valence-corrected chi connectivity index (χ0v) is 13.6. The summed E-state index contributed by atoms with van der Waals surface area (Å²) in [7, 11) is 0. The average Bonchev–Trinajstić information content (AvgIpc) is 2.55. The van der Waals surface area contributed by atoms with E-state index in [1.54, 1.807) is 0 Å². The Bertz CT molecular complexity index is 674. The van der Waals surface area contributed by atoms with E-state index in [-0.39, 0.29) is 0 Å². The molecule has 0 aliphatic rings. The first-order valence-electron chi connectivity index (χ1n) is 7.66. The van der Waals surface area contributed by atoms with Crippen LogP contribution in [0.25, 0.3) is 16.7 Å². The molecule has 0 aliphatic carbocycles. The smallest absolute Gasteiger partial charge is 0.0499 e. The normalized spacial score (nSPS) is 12.5. The minimum atomic E-state index is 0.345. The molecule has 0 saturated carbocycles.